The Bertz CT molecular complexity index is 376. The molecule has 0 aromatic rings. The molecular formula is C15H26N4O2. The lowest BCUT2D eigenvalue weighted by Gasteiger charge is -2.30. The van der Waals surface area contributed by atoms with Crippen molar-refractivity contribution in [1.29, 1.82) is 0 Å². The third kappa shape index (κ3) is 5.85. The number of hydrogen-bond donors (Lipinski definition) is 3. The number of amides is 3. The van der Waals surface area contributed by atoms with Crippen molar-refractivity contribution in [3.8, 4) is 0 Å². The van der Waals surface area contributed by atoms with Crippen molar-refractivity contribution in [2.24, 2.45) is 0 Å². The second kappa shape index (κ2) is 8.14. The number of carbonyl (C=O) groups is 2. The standard InChI is InChI=1S/C15H26N4O2/c1-2-8-17-15(21)18-14(20)11-19(13-6-7-13)10-12-5-3-4-9-16-12/h2,12-13,16H,1,3-11H2,(H2,17,18,20,21). The Morgan fingerprint density at radius 1 is 1.29 bits per heavy atom. The molecule has 0 radical (unpaired) electrons. The van der Waals surface area contributed by atoms with E-state index < -0.39 is 6.03 Å². The molecule has 1 aliphatic heterocycles. The van der Waals surface area contributed by atoms with Crippen LogP contribution >= 0.6 is 0 Å². The lowest BCUT2D eigenvalue weighted by Crippen LogP contribution is -2.49. The fourth-order valence-electron chi connectivity index (χ4n) is 2.70. The number of urea groups is 1. The molecule has 1 heterocycles. The van der Waals surface area contributed by atoms with E-state index in [9.17, 15) is 9.59 Å². The number of hydrogen-bond acceptors (Lipinski definition) is 4. The largest absolute Gasteiger partial charge is 0.334 e. The first-order valence-electron chi connectivity index (χ1n) is 7.85. The lowest BCUT2D eigenvalue weighted by molar-refractivity contribution is -0.121. The molecule has 2 fully saturated rings. The van der Waals surface area contributed by atoms with E-state index in [0.29, 0.717) is 25.2 Å². The van der Waals surface area contributed by atoms with Crippen molar-refractivity contribution in [3.05, 3.63) is 12.7 Å². The Kier molecular flexibility index (Phi) is 6.20. The molecule has 118 valence electrons. The molecule has 0 aromatic heterocycles. The van der Waals surface area contributed by atoms with Crippen LogP contribution in [0.25, 0.3) is 0 Å². The van der Waals surface area contributed by atoms with Gasteiger partial charge in [0.05, 0.1) is 6.54 Å². The van der Waals surface area contributed by atoms with E-state index in [1.54, 1.807) is 6.08 Å². The van der Waals surface area contributed by atoms with E-state index in [-0.39, 0.29) is 5.91 Å². The van der Waals surface area contributed by atoms with E-state index >= 15 is 0 Å². The highest BCUT2D eigenvalue weighted by atomic mass is 16.2. The van der Waals surface area contributed by atoms with Crippen LogP contribution in [0.5, 0.6) is 0 Å². The first-order chi connectivity index (χ1) is 10.2. The zero-order valence-electron chi connectivity index (χ0n) is 12.6. The van der Waals surface area contributed by atoms with Crippen LogP contribution in [0.4, 0.5) is 4.79 Å². The first-order valence-corrected chi connectivity index (χ1v) is 7.85. The minimum absolute atomic E-state index is 0.237. The van der Waals surface area contributed by atoms with Crippen molar-refractivity contribution >= 4 is 11.9 Å². The highest BCUT2D eigenvalue weighted by Gasteiger charge is 2.32. The summed E-state index contributed by atoms with van der Waals surface area (Å²) in [6, 6.07) is 0.531. The van der Waals surface area contributed by atoms with Gasteiger partial charge in [0, 0.05) is 25.2 Å². The van der Waals surface area contributed by atoms with Gasteiger partial charge >= 0.3 is 6.03 Å². The molecule has 1 saturated heterocycles. The molecule has 6 heteroatoms. The van der Waals surface area contributed by atoms with Gasteiger partial charge in [-0.05, 0) is 32.2 Å². The molecule has 3 N–H and O–H groups in total. The lowest BCUT2D eigenvalue weighted by atomic mass is 10.0. The van der Waals surface area contributed by atoms with E-state index in [2.05, 4.69) is 27.4 Å². The average Bonchev–Trinajstić information content (AvgIpc) is 3.30. The van der Waals surface area contributed by atoms with Crippen LogP contribution in [0.1, 0.15) is 32.1 Å². The van der Waals surface area contributed by atoms with Crippen LogP contribution in [0, 0.1) is 0 Å². The van der Waals surface area contributed by atoms with Crippen LogP contribution in [0.15, 0.2) is 12.7 Å². The molecular weight excluding hydrogens is 268 g/mol. The quantitative estimate of drug-likeness (QED) is 0.601. The van der Waals surface area contributed by atoms with Gasteiger partial charge in [0.2, 0.25) is 5.91 Å². The highest BCUT2D eigenvalue weighted by molar-refractivity contribution is 5.95. The molecule has 21 heavy (non-hydrogen) atoms. The molecule has 1 aliphatic carbocycles. The molecule has 0 bridgehead atoms. The summed E-state index contributed by atoms with van der Waals surface area (Å²) >= 11 is 0. The molecule has 6 nitrogen and oxygen atoms in total. The molecule has 3 amide bonds. The highest BCUT2D eigenvalue weighted by Crippen LogP contribution is 2.27. The third-order valence-corrected chi connectivity index (χ3v) is 3.94. The molecule has 0 aromatic carbocycles. The molecule has 1 saturated carbocycles. The van der Waals surface area contributed by atoms with Gasteiger partial charge in [-0.3, -0.25) is 15.0 Å². The predicted molar refractivity (Wildman–Crippen MR) is 82.0 cm³/mol. The maximum Gasteiger partial charge on any atom is 0.321 e. The fourth-order valence-corrected chi connectivity index (χ4v) is 2.70. The van der Waals surface area contributed by atoms with Gasteiger partial charge in [0.25, 0.3) is 0 Å². The zero-order chi connectivity index (χ0) is 15.1. The summed E-state index contributed by atoms with van der Waals surface area (Å²) in [7, 11) is 0. The van der Waals surface area contributed by atoms with Crippen molar-refractivity contribution in [1.82, 2.24) is 20.9 Å². The molecule has 2 aliphatic rings. The van der Waals surface area contributed by atoms with Gasteiger partial charge in [-0.2, -0.15) is 0 Å². The number of imide groups is 1. The number of nitrogens with zero attached hydrogens (tertiary/aromatic N) is 1. The van der Waals surface area contributed by atoms with E-state index in [1.807, 2.05) is 0 Å². The van der Waals surface area contributed by atoms with Crippen LogP contribution in [-0.4, -0.2) is 55.1 Å². The van der Waals surface area contributed by atoms with Crippen LogP contribution in [0.2, 0.25) is 0 Å². The summed E-state index contributed by atoms with van der Waals surface area (Å²) in [5.41, 5.74) is 0. The average molecular weight is 294 g/mol. The summed E-state index contributed by atoms with van der Waals surface area (Å²) in [5, 5.41) is 8.42. The predicted octanol–water partition coefficient (Wildman–Crippen LogP) is 0.605. The Morgan fingerprint density at radius 2 is 2.10 bits per heavy atom. The second-order valence-electron chi connectivity index (χ2n) is 5.85. The Hall–Kier alpha value is -1.40. The van der Waals surface area contributed by atoms with Gasteiger partial charge in [-0.1, -0.05) is 12.5 Å². The summed E-state index contributed by atoms with van der Waals surface area (Å²) in [6.07, 6.45) is 7.56. The van der Waals surface area contributed by atoms with E-state index in [1.165, 1.54) is 19.3 Å². The topological polar surface area (TPSA) is 73.5 Å². The SMILES string of the molecule is C=CCNC(=O)NC(=O)CN(CC1CCCCN1)C1CC1. The van der Waals surface area contributed by atoms with Gasteiger partial charge in [-0.25, -0.2) is 4.79 Å². The maximum atomic E-state index is 11.9. The van der Waals surface area contributed by atoms with Crippen LogP contribution < -0.4 is 16.0 Å². The number of piperidine rings is 1. The summed E-state index contributed by atoms with van der Waals surface area (Å²) in [6.45, 7) is 6.13. The molecule has 2 rings (SSSR count). The Morgan fingerprint density at radius 3 is 2.71 bits per heavy atom. The molecule has 0 spiro atoms. The first kappa shape index (κ1) is 16.0. The number of carbonyl (C=O) groups excluding carboxylic acids is 2. The van der Waals surface area contributed by atoms with Crippen LogP contribution in [-0.2, 0) is 4.79 Å². The summed E-state index contributed by atoms with van der Waals surface area (Å²) < 4.78 is 0. The van der Waals surface area contributed by atoms with Crippen molar-refractivity contribution in [2.45, 2.75) is 44.2 Å². The Labute approximate surface area is 126 Å². The van der Waals surface area contributed by atoms with Gasteiger partial charge in [0.15, 0.2) is 0 Å². The van der Waals surface area contributed by atoms with Crippen LogP contribution in [0.3, 0.4) is 0 Å². The maximum absolute atomic E-state index is 11.9. The summed E-state index contributed by atoms with van der Waals surface area (Å²) in [5.74, 6) is -0.237. The van der Waals surface area contributed by atoms with Gasteiger partial charge < -0.3 is 10.6 Å². The zero-order valence-corrected chi connectivity index (χ0v) is 12.6. The minimum atomic E-state index is -0.452. The van der Waals surface area contributed by atoms with Crippen molar-refractivity contribution < 1.29 is 9.59 Å². The molecule has 1 unspecified atom stereocenters. The number of rotatable bonds is 7. The van der Waals surface area contributed by atoms with E-state index in [4.69, 9.17) is 0 Å². The monoisotopic (exact) mass is 294 g/mol. The van der Waals surface area contributed by atoms with Gasteiger partial charge in [-0.15, -0.1) is 6.58 Å². The second-order valence-corrected chi connectivity index (χ2v) is 5.85. The van der Waals surface area contributed by atoms with Crippen molar-refractivity contribution in [2.75, 3.05) is 26.2 Å². The van der Waals surface area contributed by atoms with Crippen molar-refractivity contribution in [3.63, 3.8) is 0 Å². The normalized spacial score (nSPS) is 21.9. The fraction of sp³-hybridized carbons (Fsp3) is 0.733. The van der Waals surface area contributed by atoms with E-state index in [0.717, 1.165) is 25.9 Å². The van der Waals surface area contributed by atoms with Gasteiger partial charge in [0.1, 0.15) is 0 Å². The third-order valence-electron chi connectivity index (χ3n) is 3.94. The number of nitrogens with one attached hydrogen (secondary N) is 3. The summed E-state index contributed by atoms with van der Waals surface area (Å²) in [4.78, 5) is 25.6. The smallest absolute Gasteiger partial charge is 0.321 e. The molecule has 1 atom stereocenters. The minimum Gasteiger partial charge on any atom is -0.334 e. The Balaban J connectivity index is 1.74.